The van der Waals surface area contributed by atoms with Crippen LogP contribution in [0, 0.1) is 6.92 Å². The van der Waals surface area contributed by atoms with Gasteiger partial charge in [-0.3, -0.25) is 0 Å². The number of methoxy groups -OCH3 is 1. The first-order valence-corrected chi connectivity index (χ1v) is 7.37. The number of halogens is 1. The van der Waals surface area contributed by atoms with E-state index in [0.29, 0.717) is 5.92 Å². The molecular weight excluding hydrogens is 316 g/mol. The van der Waals surface area contributed by atoms with E-state index in [1.54, 1.807) is 7.11 Å². The Hall–Kier alpha value is -1.55. The Labute approximate surface area is 128 Å². The van der Waals surface area contributed by atoms with E-state index in [0.717, 1.165) is 27.3 Å². The Kier molecular flexibility index (Phi) is 4.65. The molecule has 106 valence electrons. The topological polar surface area (TPSA) is 34.1 Å². The zero-order valence-electron chi connectivity index (χ0n) is 12.2. The quantitative estimate of drug-likeness (QED) is 0.851. The zero-order valence-corrected chi connectivity index (χ0v) is 13.8. The van der Waals surface area contributed by atoms with Crippen molar-refractivity contribution in [2.24, 2.45) is 0 Å². The lowest BCUT2D eigenvalue weighted by Crippen LogP contribution is -1.98. The van der Waals surface area contributed by atoms with E-state index in [1.165, 1.54) is 5.56 Å². The summed E-state index contributed by atoms with van der Waals surface area (Å²) in [6.07, 6.45) is 1.81. The summed E-state index contributed by atoms with van der Waals surface area (Å²) in [5, 5.41) is 3.33. The molecule has 20 heavy (non-hydrogen) atoms. The smallest absolute Gasteiger partial charge is 0.130 e. The van der Waals surface area contributed by atoms with Gasteiger partial charge >= 0.3 is 0 Å². The minimum absolute atomic E-state index is 0.409. The monoisotopic (exact) mass is 334 g/mol. The Balaban J connectivity index is 2.29. The molecule has 0 aliphatic carbocycles. The maximum atomic E-state index is 5.40. The summed E-state index contributed by atoms with van der Waals surface area (Å²) in [4.78, 5) is 4.36. The van der Waals surface area contributed by atoms with Gasteiger partial charge in [0.2, 0.25) is 0 Å². The van der Waals surface area contributed by atoms with Crippen molar-refractivity contribution in [3.05, 3.63) is 46.1 Å². The van der Waals surface area contributed by atoms with Crippen LogP contribution in [0.25, 0.3) is 0 Å². The number of hydrogen-bond donors (Lipinski definition) is 1. The summed E-state index contributed by atoms with van der Waals surface area (Å²) in [5.41, 5.74) is 3.36. The summed E-state index contributed by atoms with van der Waals surface area (Å²) < 4.78 is 6.41. The van der Waals surface area contributed by atoms with Crippen LogP contribution < -0.4 is 10.1 Å². The molecule has 0 saturated carbocycles. The first-order valence-electron chi connectivity index (χ1n) is 6.58. The van der Waals surface area contributed by atoms with Crippen molar-refractivity contribution in [1.82, 2.24) is 4.98 Å². The van der Waals surface area contributed by atoms with Gasteiger partial charge in [-0.15, -0.1) is 0 Å². The van der Waals surface area contributed by atoms with Crippen LogP contribution in [0.2, 0.25) is 0 Å². The molecule has 0 atom stereocenters. The number of rotatable bonds is 4. The zero-order chi connectivity index (χ0) is 14.7. The van der Waals surface area contributed by atoms with E-state index in [2.05, 4.69) is 46.1 Å². The molecule has 0 saturated heterocycles. The van der Waals surface area contributed by atoms with Crippen molar-refractivity contribution in [2.75, 3.05) is 12.4 Å². The van der Waals surface area contributed by atoms with Gasteiger partial charge in [-0.25, -0.2) is 4.98 Å². The van der Waals surface area contributed by atoms with Gasteiger partial charge in [0.25, 0.3) is 0 Å². The second-order valence-electron chi connectivity index (χ2n) is 5.06. The van der Waals surface area contributed by atoms with E-state index in [9.17, 15) is 0 Å². The van der Waals surface area contributed by atoms with Gasteiger partial charge in [0.15, 0.2) is 0 Å². The third kappa shape index (κ3) is 3.31. The normalized spacial score (nSPS) is 10.7. The number of pyridine rings is 1. The van der Waals surface area contributed by atoms with Crippen LogP contribution in [0.15, 0.2) is 34.9 Å². The van der Waals surface area contributed by atoms with E-state index in [4.69, 9.17) is 4.74 Å². The van der Waals surface area contributed by atoms with Crippen molar-refractivity contribution in [3.63, 3.8) is 0 Å². The molecule has 1 aromatic heterocycles. The van der Waals surface area contributed by atoms with Crippen LogP contribution in [0.1, 0.15) is 30.9 Å². The average Bonchev–Trinajstić information content (AvgIpc) is 2.43. The number of nitrogens with one attached hydrogen (secondary N) is 1. The summed E-state index contributed by atoms with van der Waals surface area (Å²) >= 11 is 3.46. The first-order chi connectivity index (χ1) is 9.51. The second kappa shape index (κ2) is 6.27. The fraction of sp³-hybridized carbons (Fsp3) is 0.312. The van der Waals surface area contributed by atoms with Crippen LogP contribution in [0.5, 0.6) is 5.75 Å². The molecule has 0 fully saturated rings. The molecule has 0 aliphatic heterocycles. The molecule has 1 N–H and O–H groups in total. The highest BCUT2D eigenvalue weighted by Crippen LogP contribution is 2.30. The Morgan fingerprint density at radius 2 is 2.00 bits per heavy atom. The largest absolute Gasteiger partial charge is 0.496 e. The van der Waals surface area contributed by atoms with Crippen molar-refractivity contribution < 1.29 is 4.74 Å². The van der Waals surface area contributed by atoms with Crippen LogP contribution in [0.3, 0.4) is 0 Å². The average molecular weight is 335 g/mol. The minimum Gasteiger partial charge on any atom is -0.496 e. The Morgan fingerprint density at radius 1 is 1.25 bits per heavy atom. The fourth-order valence-electron chi connectivity index (χ4n) is 2.02. The van der Waals surface area contributed by atoms with Crippen LogP contribution in [-0.2, 0) is 0 Å². The second-order valence-corrected chi connectivity index (χ2v) is 5.91. The Morgan fingerprint density at radius 3 is 2.60 bits per heavy atom. The molecule has 2 aromatic rings. The number of ether oxygens (including phenoxy) is 1. The van der Waals surface area contributed by atoms with Gasteiger partial charge in [-0.1, -0.05) is 13.8 Å². The van der Waals surface area contributed by atoms with Gasteiger partial charge in [0, 0.05) is 16.4 Å². The molecule has 4 heteroatoms. The van der Waals surface area contributed by atoms with Crippen LogP contribution in [-0.4, -0.2) is 12.1 Å². The molecule has 1 heterocycles. The molecule has 3 nitrogen and oxygen atoms in total. The fourth-order valence-corrected chi connectivity index (χ4v) is 2.24. The molecule has 0 aliphatic rings. The number of aromatic nitrogens is 1. The predicted octanol–water partition coefficient (Wildman–Crippen LogP) is 5.03. The van der Waals surface area contributed by atoms with Crippen molar-refractivity contribution in [2.45, 2.75) is 26.7 Å². The molecule has 0 spiro atoms. The standard InChI is InChI=1S/C16H19BrN2O/c1-10(2)13-8-12(5-6-15(13)20-4)19-16-7-11(3)14(17)9-18-16/h5-10H,1-4H3,(H,18,19). The molecule has 0 amide bonds. The maximum absolute atomic E-state index is 5.40. The van der Waals surface area contributed by atoms with Gasteiger partial charge in [0.05, 0.1) is 7.11 Å². The van der Waals surface area contributed by atoms with Crippen molar-refractivity contribution in [3.8, 4) is 5.75 Å². The lowest BCUT2D eigenvalue weighted by molar-refractivity contribution is 0.407. The lowest BCUT2D eigenvalue weighted by Gasteiger charge is -2.14. The predicted molar refractivity (Wildman–Crippen MR) is 87.0 cm³/mol. The minimum atomic E-state index is 0.409. The summed E-state index contributed by atoms with van der Waals surface area (Å²) in [6, 6.07) is 8.12. The highest BCUT2D eigenvalue weighted by Gasteiger charge is 2.09. The van der Waals surface area contributed by atoms with Crippen LogP contribution >= 0.6 is 15.9 Å². The molecule has 0 bridgehead atoms. The molecule has 1 aromatic carbocycles. The van der Waals surface area contributed by atoms with Gasteiger partial charge < -0.3 is 10.1 Å². The van der Waals surface area contributed by atoms with Gasteiger partial charge in [-0.2, -0.15) is 0 Å². The molecule has 0 unspecified atom stereocenters. The number of anilines is 2. The van der Waals surface area contributed by atoms with E-state index < -0.39 is 0 Å². The number of nitrogens with zero attached hydrogens (tertiary/aromatic N) is 1. The third-order valence-electron chi connectivity index (χ3n) is 3.17. The SMILES string of the molecule is COc1ccc(Nc2cc(C)c(Br)cn2)cc1C(C)C. The van der Waals surface area contributed by atoms with E-state index in [1.807, 2.05) is 31.3 Å². The number of benzene rings is 1. The van der Waals surface area contributed by atoms with Gasteiger partial charge in [-0.05, 0) is 64.2 Å². The number of hydrogen-bond acceptors (Lipinski definition) is 3. The molecule has 2 rings (SSSR count). The summed E-state index contributed by atoms with van der Waals surface area (Å²) in [5.74, 6) is 2.17. The summed E-state index contributed by atoms with van der Waals surface area (Å²) in [7, 11) is 1.70. The highest BCUT2D eigenvalue weighted by atomic mass is 79.9. The lowest BCUT2D eigenvalue weighted by atomic mass is 10.0. The highest BCUT2D eigenvalue weighted by molar-refractivity contribution is 9.10. The molecular formula is C16H19BrN2O. The number of aryl methyl sites for hydroxylation is 1. The van der Waals surface area contributed by atoms with E-state index >= 15 is 0 Å². The van der Waals surface area contributed by atoms with Crippen molar-refractivity contribution in [1.29, 1.82) is 0 Å². The Bertz CT molecular complexity index is 611. The third-order valence-corrected chi connectivity index (χ3v) is 4.00. The van der Waals surface area contributed by atoms with E-state index in [-0.39, 0.29) is 0 Å². The maximum Gasteiger partial charge on any atom is 0.130 e. The first kappa shape index (κ1) is 14.9. The van der Waals surface area contributed by atoms with Crippen molar-refractivity contribution >= 4 is 27.4 Å². The van der Waals surface area contributed by atoms with Crippen LogP contribution in [0.4, 0.5) is 11.5 Å². The van der Waals surface area contributed by atoms with Gasteiger partial charge in [0.1, 0.15) is 11.6 Å². The summed E-state index contributed by atoms with van der Waals surface area (Å²) in [6.45, 7) is 6.36. The molecule has 0 radical (unpaired) electrons.